The van der Waals surface area contributed by atoms with Crippen molar-refractivity contribution < 1.29 is 23.4 Å². The molecule has 11 nitrogen and oxygen atoms in total. The minimum Gasteiger partial charge on any atom is -0.491 e. The van der Waals surface area contributed by atoms with Crippen LogP contribution >= 0.6 is 22.7 Å². The summed E-state index contributed by atoms with van der Waals surface area (Å²) in [4.78, 5) is 28.3. The fourth-order valence-corrected chi connectivity index (χ4v) is 9.02. The molecule has 0 amide bonds. The molecule has 0 N–H and O–H groups in total. The highest BCUT2D eigenvalue weighted by Gasteiger charge is 2.23. The first kappa shape index (κ1) is 42.2. The first-order valence-corrected chi connectivity index (χ1v) is 24.9. The Labute approximate surface area is 343 Å². The molecule has 0 aliphatic carbocycles. The van der Waals surface area contributed by atoms with Crippen LogP contribution in [-0.4, -0.2) is 85.2 Å². The van der Waals surface area contributed by atoms with Crippen molar-refractivity contribution in [3.8, 4) is 17.6 Å². The lowest BCUT2D eigenvalue weighted by atomic mass is 10.1. The Morgan fingerprint density at radius 2 is 1.86 bits per heavy atom. The van der Waals surface area contributed by atoms with Crippen LogP contribution in [0.25, 0.3) is 10.2 Å². The number of carbonyl (C=O) groups is 1. The van der Waals surface area contributed by atoms with E-state index in [0.29, 0.717) is 55.1 Å². The number of halogens is 1. The fraction of sp³-hybridized carbons (Fsp3) is 0.452. The van der Waals surface area contributed by atoms with Gasteiger partial charge in [0.05, 0.1) is 30.0 Å². The van der Waals surface area contributed by atoms with Gasteiger partial charge in [-0.15, -0.1) is 21.5 Å². The van der Waals surface area contributed by atoms with Crippen LogP contribution in [0, 0.1) is 24.6 Å². The van der Waals surface area contributed by atoms with Gasteiger partial charge in [-0.1, -0.05) is 61.4 Å². The third-order valence-corrected chi connectivity index (χ3v) is 13.4. The average Bonchev–Trinajstić information content (AvgIpc) is 3.78. The van der Waals surface area contributed by atoms with Crippen molar-refractivity contribution in [3.05, 3.63) is 80.8 Å². The third-order valence-electron chi connectivity index (χ3n) is 9.46. The number of hydrogen-bond donors (Lipinski definition) is 0. The number of aryl methyl sites for hydroxylation is 2. The molecule has 1 aliphatic heterocycles. The number of piperidine rings is 1. The number of ether oxygens (including phenoxy) is 3. The predicted octanol–water partition coefficient (Wildman–Crippen LogP) is 8.74. The molecular formula is C42H52FN7O4S2Si. The van der Waals surface area contributed by atoms with Crippen molar-refractivity contribution in [2.75, 3.05) is 51.4 Å². The first-order chi connectivity index (χ1) is 27.5. The number of likely N-dealkylation sites (tertiary alicyclic amines) is 1. The van der Waals surface area contributed by atoms with E-state index in [9.17, 15) is 9.18 Å². The number of carbonyl (C=O) groups excluding carboxylic acids is 1. The number of rotatable bonds is 16. The molecule has 302 valence electrons. The molecule has 0 radical (unpaired) electrons. The molecule has 15 heteroatoms. The summed E-state index contributed by atoms with van der Waals surface area (Å²) in [5.41, 5.74) is 2.77. The second kappa shape index (κ2) is 19.8. The molecule has 3 aromatic heterocycles. The minimum absolute atomic E-state index is 0.170. The molecule has 57 heavy (non-hydrogen) atoms. The van der Waals surface area contributed by atoms with Gasteiger partial charge in [0.25, 0.3) is 0 Å². The predicted molar refractivity (Wildman–Crippen MR) is 229 cm³/mol. The van der Waals surface area contributed by atoms with Gasteiger partial charge in [0.2, 0.25) is 0 Å². The largest absolute Gasteiger partial charge is 0.491 e. The van der Waals surface area contributed by atoms with Gasteiger partial charge in [-0.05, 0) is 101 Å². The summed E-state index contributed by atoms with van der Waals surface area (Å²) < 4.78 is 35.4. The summed E-state index contributed by atoms with van der Waals surface area (Å²) in [6.45, 7) is 15.2. The molecule has 0 unspecified atom stereocenters. The van der Waals surface area contributed by atoms with Crippen LogP contribution in [0.2, 0.25) is 25.7 Å². The minimum atomic E-state index is -1.22. The summed E-state index contributed by atoms with van der Waals surface area (Å²) >= 11 is 2.96. The van der Waals surface area contributed by atoms with Crippen molar-refractivity contribution in [3.63, 3.8) is 0 Å². The van der Waals surface area contributed by atoms with Gasteiger partial charge < -0.3 is 19.1 Å². The van der Waals surface area contributed by atoms with E-state index in [2.05, 4.69) is 68.3 Å². The molecule has 1 fully saturated rings. The lowest BCUT2D eigenvalue weighted by Crippen LogP contribution is -2.29. The number of nitrogens with zero attached hydrogens (tertiary/aromatic N) is 7. The van der Waals surface area contributed by atoms with Gasteiger partial charge >= 0.3 is 5.97 Å². The fourth-order valence-electron chi connectivity index (χ4n) is 6.19. The lowest BCUT2D eigenvalue weighted by Gasteiger charge is -2.23. The molecule has 4 heterocycles. The zero-order valence-corrected chi connectivity index (χ0v) is 36.4. The van der Waals surface area contributed by atoms with Crippen LogP contribution in [0.15, 0.2) is 53.5 Å². The Hall–Kier alpha value is -4.46. The highest BCUT2D eigenvalue weighted by atomic mass is 32.1. The molecule has 5 aromatic rings. The summed E-state index contributed by atoms with van der Waals surface area (Å²) in [5.74, 6) is 6.53. The Bertz CT molecular complexity index is 2290. The van der Waals surface area contributed by atoms with E-state index in [-0.39, 0.29) is 24.7 Å². The van der Waals surface area contributed by atoms with Gasteiger partial charge in [0, 0.05) is 32.2 Å². The van der Waals surface area contributed by atoms with Crippen molar-refractivity contribution >= 4 is 63.7 Å². The smallest absolute Gasteiger partial charge is 0.358 e. The van der Waals surface area contributed by atoms with Crippen molar-refractivity contribution in [1.82, 2.24) is 24.6 Å². The van der Waals surface area contributed by atoms with Gasteiger partial charge in [-0.3, -0.25) is 9.47 Å². The van der Waals surface area contributed by atoms with E-state index < -0.39 is 19.9 Å². The lowest BCUT2D eigenvalue weighted by molar-refractivity contribution is 0.0519. The zero-order valence-electron chi connectivity index (χ0n) is 33.8. The third kappa shape index (κ3) is 11.6. The SMILES string of the molecule is CCOC(=O)c1nc(N(C)c2cc(C)c(/N=c3\sc4ccccc4n3COCC[Si](C)(C)C)nn2)sc1CCCOc1ccc(C#CCN2CCCCC2)cc1F. The van der Waals surface area contributed by atoms with E-state index >= 15 is 0 Å². The van der Waals surface area contributed by atoms with E-state index in [0.717, 1.165) is 44.6 Å². The number of aromatic nitrogens is 4. The maximum Gasteiger partial charge on any atom is 0.358 e. The number of hydrogen-bond acceptors (Lipinski definition) is 12. The topological polar surface area (TPSA) is 107 Å². The van der Waals surface area contributed by atoms with Crippen LogP contribution in [0.5, 0.6) is 5.75 Å². The highest BCUT2D eigenvalue weighted by Crippen LogP contribution is 2.32. The Morgan fingerprint density at radius 3 is 2.61 bits per heavy atom. The summed E-state index contributed by atoms with van der Waals surface area (Å²) in [7, 11) is 0.616. The number of esters is 1. The zero-order chi connectivity index (χ0) is 40.4. The number of fused-ring (bicyclic) bond motifs is 1. The number of benzene rings is 2. The number of para-hydroxylation sites is 1. The quantitative estimate of drug-likeness (QED) is 0.0418. The molecule has 1 saturated heterocycles. The first-order valence-electron chi connectivity index (χ1n) is 19.6. The van der Waals surface area contributed by atoms with E-state index in [1.165, 1.54) is 36.7 Å². The Balaban J connectivity index is 1.12. The molecular weight excluding hydrogens is 778 g/mol. The molecule has 1 aliphatic rings. The summed E-state index contributed by atoms with van der Waals surface area (Å²) in [6, 6.07) is 16.0. The van der Waals surface area contributed by atoms with Crippen molar-refractivity contribution in [2.45, 2.75) is 78.4 Å². The van der Waals surface area contributed by atoms with Crippen molar-refractivity contribution in [1.29, 1.82) is 0 Å². The standard InChI is InChI=1S/C42H52FN7O4S2Si/c1-7-53-40(51)38-36(18-14-24-54-34-20-19-31(28-32(34)43)15-13-23-49-21-11-8-12-22-49)56-41(44-38)48(3)37-27-30(2)39(47-46-37)45-42-50(29-52-25-26-57(4,5)6)33-16-9-10-17-35(33)55-42/h9-10,16-17,19-20,27-28H,7-8,11-12,14,18,21-26,29H2,1-6H3/b45-42-. The second-order valence-electron chi connectivity index (χ2n) is 15.2. The van der Waals surface area contributed by atoms with Crippen molar-refractivity contribution in [2.24, 2.45) is 4.99 Å². The van der Waals surface area contributed by atoms with Crippen LogP contribution in [-0.2, 0) is 22.6 Å². The Morgan fingerprint density at radius 1 is 1.05 bits per heavy atom. The van der Waals surface area contributed by atoms with Crippen LogP contribution in [0.4, 0.5) is 21.2 Å². The van der Waals surface area contributed by atoms with Gasteiger partial charge in [0.1, 0.15) is 6.73 Å². The van der Waals surface area contributed by atoms with Gasteiger partial charge in [0.15, 0.2) is 38.8 Å². The van der Waals surface area contributed by atoms with E-state index in [1.807, 2.05) is 32.2 Å². The number of thiazole rings is 2. The normalized spacial score (nSPS) is 13.8. The van der Waals surface area contributed by atoms with Crippen LogP contribution in [0.3, 0.4) is 0 Å². The molecule has 2 aromatic carbocycles. The van der Waals surface area contributed by atoms with Gasteiger partial charge in [-0.2, -0.15) is 4.99 Å². The maximum atomic E-state index is 14.9. The number of anilines is 2. The van der Waals surface area contributed by atoms with E-state index in [4.69, 9.17) is 19.2 Å². The van der Waals surface area contributed by atoms with E-state index in [1.54, 1.807) is 35.3 Å². The maximum absolute atomic E-state index is 14.9. The molecule has 0 saturated carbocycles. The molecule has 6 rings (SSSR count). The molecule has 0 atom stereocenters. The van der Waals surface area contributed by atoms with Crippen LogP contribution < -0.4 is 14.4 Å². The summed E-state index contributed by atoms with van der Waals surface area (Å²) in [5, 5.41) is 9.60. The molecule has 0 bridgehead atoms. The Kier molecular flexibility index (Phi) is 14.6. The molecule has 0 spiro atoms. The van der Waals surface area contributed by atoms with Crippen LogP contribution in [0.1, 0.15) is 59.1 Å². The monoisotopic (exact) mass is 829 g/mol. The average molecular weight is 830 g/mol. The highest BCUT2D eigenvalue weighted by molar-refractivity contribution is 7.16. The summed E-state index contributed by atoms with van der Waals surface area (Å²) in [6.07, 6.45) is 4.71. The van der Waals surface area contributed by atoms with Gasteiger partial charge in [-0.25, -0.2) is 14.2 Å². The second-order valence-corrected chi connectivity index (χ2v) is 22.9.